The Morgan fingerprint density at radius 1 is 1.33 bits per heavy atom. The molecule has 0 radical (unpaired) electrons. The predicted octanol–water partition coefficient (Wildman–Crippen LogP) is 4.23. The van der Waals surface area contributed by atoms with Gasteiger partial charge in [-0.3, -0.25) is 4.99 Å². The predicted molar refractivity (Wildman–Crippen MR) is 108 cm³/mol. The van der Waals surface area contributed by atoms with Crippen molar-refractivity contribution in [1.29, 1.82) is 0 Å². The van der Waals surface area contributed by atoms with Crippen LogP contribution in [-0.4, -0.2) is 18.0 Å². The van der Waals surface area contributed by atoms with E-state index in [1.165, 1.54) is 0 Å². The normalized spacial score (nSPS) is 12.3. The number of aliphatic imine (C=N–C) groups is 1. The molecule has 1 unspecified atom stereocenters. The first-order valence-electron chi connectivity index (χ1n) is 7.33. The van der Waals surface area contributed by atoms with E-state index in [4.69, 9.17) is 11.6 Å². The van der Waals surface area contributed by atoms with E-state index in [-0.39, 0.29) is 35.8 Å². The maximum Gasteiger partial charge on any atom is 0.191 e. The number of guanidine groups is 1. The summed E-state index contributed by atoms with van der Waals surface area (Å²) in [6.07, 6.45) is 1.71. The van der Waals surface area contributed by atoms with Crippen LogP contribution in [0.2, 0.25) is 5.15 Å². The third-order valence-electron chi connectivity index (χ3n) is 3.52. The highest BCUT2D eigenvalue weighted by molar-refractivity contribution is 14.0. The summed E-state index contributed by atoms with van der Waals surface area (Å²) >= 11 is 5.76. The lowest BCUT2D eigenvalue weighted by atomic mass is 10.1. The number of aromatic nitrogens is 1. The van der Waals surface area contributed by atoms with Gasteiger partial charge in [-0.2, -0.15) is 0 Å². The number of nitrogens with zero attached hydrogens (tertiary/aromatic N) is 2. The zero-order chi connectivity index (χ0) is 16.8. The highest BCUT2D eigenvalue weighted by atomic mass is 127. The molecule has 1 aromatic heterocycles. The largest absolute Gasteiger partial charge is 0.352 e. The van der Waals surface area contributed by atoms with Crippen LogP contribution in [-0.2, 0) is 6.54 Å². The van der Waals surface area contributed by atoms with Crippen molar-refractivity contribution in [2.45, 2.75) is 26.4 Å². The molecule has 2 aromatic rings. The lowest BCUT2D eigenvalue weighted by Crippen LogP contribution is -2.38. The number of halogens is 3. The molecule has 1 aromatic carbocycles. The van der Waals surface area contributed by atoms with Gasteiger partial charge in [-0.05, 0) is 42.7 Å². The smallest absolute Gasteiger partial charge is 0.191 e. The summed E-state index contributed by atoms with van der Waals surface area (Å²) in [4.78, 5) is 8.21. The van der Waals surface area contributed by atoms with E-state index in [0.29, 0.717) is 23.2 Å². The Kier molecular flexibility index (Phi) is 8.41. The number of hydrogen-bond donors (Lipinski definition) is 2. The number of nitrogens with one attached hydrogen (secondary N) is 2. The third kappa shape index (κ3) is 5.90. The number of rotatable bonds is 4. The molecular weight excluding hydrogens is 442 g/mol. The summed E-state index contributed by atoms with van der Waals surface area (Å²) in [7, 11) is 1.69. The molecule has 0 bridgehead atoms. The minimum atomic E-state index is -0.202. The molecule has 4 nitrogen and oxygen atoms in total. The summed E-state index contributed by atoms with van der Waals surface area (Å²) in [5.74, 6) is 0.430. The molecule has 1 heterocycles. The second-order valence-electron chi connectivity index (χ2n) is 5.29. The van der Waals surface area contributed by atoms with Gasteiger partial charge < -0.3 is 10.6 Å². The van der Waals surface area contributed by atoms with Gasteiger partial charge in [-0.25, -0.2) is 9.37 Å². The summed E-state index contributed by atoms with van der Waals surface area (Å²) in [5.41, 5.74) is 2.49. The van der Waals surface area contributed by atoms with E-state index in [0.717, 1.165) is 11.1 Å². The lowest BCUT2D eigenvalue weighted by Gasteiger charge is -2.18. The van der Waals surface area contributed by atoms with Crippen LogP contribution in [0.5, 0.6) is 0 Å². The van der Waals surface area contributed by atoms with E-state index >= 15 is 0 Å². The average molecular weight is 463 g/mol. The lowest BCUT2D eigenvalue weighted by molar-refractivity contribution is 0.607. The molecule has 1 atom stereocenters. The van der Waals surface area contributed by atoms with E-state index in [9.17, 15) is 4.39 Å². The van der Waals surface area contributed by atoms with Crippen LogP contribution in [0.1, 0.15) is 29.7 Å². The van der Waals surface area contributed by atoms with Crippen LogP contribution in [0, 0.1) is 12.7 Å². The van der Waals surface area contributed by atoms with Gasteiger partial charge in [0.2, 0.25) is 0 Å². The molecule has 0 amide bonds. The van der Waals surface area contributed by atoms with Crippen molar-refractivity contribution < 1.29 is 4.39 Å². The van der Waals surface area contributed by atoms with Gasteiger partial charge in [0.25, 0.3) is 0 Å². The quantitative estimate of drug-likeness (QED) is 0.309. The summed E-state index contributed by atoms with van der Waals surface area (Å²) in [6.45, 7) is 4.28. The molecule has 7 heteroatoms. The van der Waals surface area contributed by atoms with Gasteiger partial charge >= 0.3 is 0 Å². The fourth-order valence-corrected chi connectivity index (χ4v) is 2.17. The van der Waals surface area contributed by atoms with Crippen LogP contribution < -0.4 is 10.6 Å². The first-order valence-corrected chi connectivity index (χ1v) is 7.71. The van der Waals surface area contributed by atoms with Gasteiger partial charge in [0.1, 0.15) is 11.0 Å². The fraction of sp³-hybridized carbons (Fsp3) is 0.294. The monoisotopic (exact) mass is 462 g/mol. The Balaban J connectivity index is 0.00000288. The SMILES string of the molecule is CN=C(NCc1ccc(Cl)nc1)NC(C)c1ccc(C)c(F)c1.I. The maximum atomic E-state index is 13.7. The Hall–Kier alpha value is -1.41. The van der Waals surface area contributed by atoms with Crippen molar-refractivity contribution in [3.05, 3.63) is 64.2 Å². The van der Waals surface area contributed by atoms with Crippen LogP contribution in [0.25, 0.3) is 0 Å². The van der Waals surface area contributed by atoms with Gasteiger partial charge in [-0.15, -0.1) is 24.0 Å². The second-order valence-corrected chi connectivity index (χ2v) is 5.68. The van der Waals surface area contributed by atoms with E-state index in [2.05, 4.69) is 20.6 Å². The number of pyridine rings is 1. The topological polar surface area (TPSA) is 49.3 Å². The molecule has 0 fully saturated rings. The van der Waals surface area contributed by atoms with Crippen molar-refractivity contribution in [3.63, 3.8) is 0 Å². The molecule has 0 saturated carbocycles. The summed E-state index contributed by atoms with van der Waals surface area (Å²) in [5, 5.41) is 6.90. The zero-order valence-electron chi connectivity index (χ0n) is 13.8. The Morgan fingerprint density at radius 3 is 2.67 bits per heavy atom. The van der Waals surface area contributed by atoms with Gasteiger partial charge in [0, 0.05) is 19.8 Å². The van der Waals surface area contributed by atoms with Crippen LogP contribution in [0.4, 0.5) is 4.39 Å². The number of hydrogen-bond acceptors (Lipinski definition) is 2. The first-order chi connectivity index (χ1) is 11.0. The fourth-order valence-electron chi connectivity index (χ4n) is 2.06. The van der Waals surface area contributed by atoms with Crippen LogP contribution in [0.3, 0.4) is 0 Å². The highest BCUT2D eigenvalue weighted by Crippen LogP contribution is 2.16. The Bertz CT molecular complexity index is 691. The standard InChI is InChI=1S/C17H20ClFN4.HI/c1-11-4-6-14(8-15(11)19)12(2)23-17(20-3)22-10-13-5-7-16(18)21-9-13;/h4-9,12H,10H2,1-3H3,(H2,20,22,23);1H. The highest BCUT2D eigenvalue weighted by Gasteiger charge is 2.09. The van der Waals surface area contributed by atoms with E-state index in [1.807, 2.05) is 19.1 Å². The van der Waals surface area contributed by atoms with Crippen molar-refractivity contribution in [2.24, 2.45) is 4.99 Å². The maximum absolute atomic E-state index is 13.7. The van der Waals surface area contributed by atoms with Crippen molar-refractivity contribution >= 4 is 41.5 Å². The van der Waals surface area contributed by atoms with Crippen LogP contribution >= 0.6 is 35.6 Å². The van der Waals surface area contributed by atoms with Gasteiger partial charge in [0.15, 0.2) is 5.96 Å². The first kappa shape index (κ1) is 20.6. The molecule has 0 aliphatic carbocycles. The minimum absolute atomic E-state index is 0. The molecule has 0 spiro atoms. The van der Waals surface area contributed by atoms with E-state index < -0.39 is 0 Å². The summed E-state index contributed by atoms with van der Waals surface area (Å²) < 4.78 is 13.7. The second kappa shape index (κ2) is 9.78. The molecule has 0 saturated heterocycles. The van der Waals surface area contributed by atoms with Crippen LogP contribution in [0.15, 0.2) is 41.5 Å². The van der Waals surface area contributed by atoms with Crippen molar-refractivity contribution in [2.75, 3.05) is 7.05 Å². The molecule has 0 aliphatic rings. The third-order valence-corrected chi connectivity index (χ3v) is 3.74. The Morgan fingerprint density at radius 2 is 2.08 bits per heavy atom. The average Bonchev–Trinajstić information content (AvgIpc) is 2.55. The summed E-state index contributed by atoms with van der Waals surface area (Å²) in [6, 6.07) is 8.80. The number of aryl methyl sites for hydroxylation is 1. The van der Waals surface area contributed by atoms with Crippen molar-refractivity contribution in [3.8, 4) is 0 Å². The van der Waals surface area contributed by atoms with E-state index in [1.54, 1.807) is 38.4 Å². The minimum Gasteiger partial charge on any atom is -0.352 e. The molecule has 2 rings (SSSR count). The molecule has 2 N–H and O–H groups in total. The molecule has 130 valence electrons. The molecular formula is C17H21ClFIN4. The van der Waals surface area contributed by atoms with Gasteiger partial charge in [-0.1, -0.05) is 29.8 Å². The Labute approximate surface area is 164 Å². The molecule has 0 aliphatic heterocycles. The van der Waals surface area contributed by atoms with Gasteiger partial charge in [0.05, 0.1) is 6.04 Å². The number of benzene rings is 1. The van der Waals surface area contributed by atoms with Crippen molar-refractivity contribution in [1.82, 2.24) is 15.6 Å². The molecule has 24 heavy (non-hydrogen) atoms. The zero-order valence-corrected chi connectivity index (χ0v) is 16.9.